The van der Waals surface area contributed by atoms with Crippen LogP contribution < -0.4 is 9.47 Å². The normalized spacial score (nSPS) is 22.3. The standard InChI is InChI=1S/C33H25BrN2O4/c1-39-26-16-20(15-25(34)31(26)40-18-19-9-3-2-4-10-19)17-35-36-32(37)29-27-21-11-5-6-12-22(21)28(30(29)33(36)38)24-14-8-7-13-23(24)27/h2-17,27-30H,18H2,1H3/b35-17-/t27?,28?,29-,30-/m0/s1. The SMILES string of the molecule is COc1cc(/C=N\N2C(=O)[C@H]3C4c5ccccc5C(c5ccccc54)[C@@H]3C2=O)cc(Br)c1OCc1ccccc1. The molecule has 8 rings (SSSR count). The van der Waals surface area contributed by atoms with Crippen LogP contribution in [0.15, 0.2) is 101 Å². The number of hydrogen-bond acceptors (Lipinski definition) is 5. The monoisotopic (exact) mass is 592 g/mol. The minimum Gasteiger partial charge on any atom is -0.493 e. The molecule has 1 heterocycles. The zero-order chi connectivity index (χ0) is 27.4. The highest BCUT2D eigenvalue weighted by atomic mass is 79.9. The van der Waals surface area contributed by atoms with Gasteiger partial charge in [-0.1, -0.05) is 78.9 Å². The van der Waals surface area contributed by atoms with Gasteiger partial charge in [0, 0.05) is 11.8 Å². The molecule has 3 aliphatic carbocycles. The van der Waals surface area contributed by atoms with Gasteiger partial charge < -0.3 is 9.47 Å². The number of methoxy groups -OCH3 is 1. The Hall–Kier alpha value is -4.23. The number of carbonyl (C=O) groups excluding carboxylic acids is 2. The molecule has 0 unspecified atom stereocenters. The minimum absolute atomic E-state index is 0.158. The number of rotatable bonds is 6. The first kappa shape index (κ1) is 24.8. The molecule has 2 amide bonds. The van der Waals surface area contributed by atoms with Crippen LogP contribution in [-0.4, -0.2) is 30.1 Å². The number of benzene rings is 4. The average molecular weight is 593 g/mol. The van der Waals surface area contributed by atoms with E-state index < -0.39 is 11.8 Å². The van der Waals surface area contributed by atoms with Crippen molar-refractivity contribution in [1.82, 2.24) is 5.01 Å². The Balaban J connectivity index is 1.18. The van der Waals surface area contributed by atoms with Crippen LogP contribution in [-0.2, 0) is 16.2 Å². The largest absolute Gasteiger partial charge is 0.493 e. The molecule has 2 bridgehead atoms. The summed E-state index contributed by atoms with van der Waals surface area (Å²) >= 11 is 3.58. The van der Waals surface area contributed by atoms with Crippen molar-refractivity contribution in [3.63, 3.8) is 0 Å². The fourth-order valence-corrected chi connectivity index (χ4v) is 7.16. The molecule has 4 aromatic carbocycles. The van der Waals surface area contributed by atoms with Crippen LogP contribution >= 0.6 is 15.9 Å². The molecule has 1 fully saturated rings. The van der Waals surface area contributed by atoms with E-state index in [0.717, 1.165) is 32.8 Å². The molecular weight excluding hydrogens is 568 g/mol. The van der Waals surface area contributed by atoms with Gasteiger partial charge in [0.1, 0.15) is 6.61 Å². The van der Waals surface area contributed by atoms with Crippen molar-refractivity contribution < 1.29 is 19.1 Å². The molecule has 198 valence electrons. The van der Waals surface area contributed by atoms with Crippen molar-refractivity contribution in [2.45, 2.75) is 18.4 Å². The van der Waals surface area contributed by atoms with Gasteiger partial charge >= 0.3 is 0 Å². The summed E-state index contributed by atoms with van der Waals surface area (Å²) in [5.41, 5.74) is 6.26. The Morgan fingerprint density at radius 1 is 0.800 bits per heavy atom. The lowest BCUT2D eigenvalue weighted by atomic mass is 9.55. The van der Waals surface area contributed by atoms with Crippen molar-refractivity contribution in [3.05, 3.63) is 129 Å². The predicted octanol–water partition coefficient (Wildman–Crippen LogP) is 6.26. The first-order chi connectivity index (χ1) is 19.6. The molecule has 4 aromatic rings. The van der Waals surface area contributed by atoms with Crippen LogP contribution in [0.25, 0.3) is 0 Å². The van der Waals surface area contributed by atoms with Crippen LogP contribution in [0.3, 0.4) is 0 Å². The first-order valence-electron chi connectivity index (χ1n) is 13.2. The quantitative estimate of drug-likeness (QED) is 0.196. The Kier molecular flexibility index (Phi) is 6.04. The summed E-state index contributed by atoms with van der Waals surface area (Å²) in [6, 6.07) is 29.9. The van der Waals surface area contributed by atoms with Crippen LogP contribution in [0.1, 0.15) is 45.2 Å². The maximum atomic E-state index is 13.8. The maximum absolute atomic E-state index is 13.8. The molecule has 1 aliphatic heterocycles. The van der Waals surface area contributed by atoms with Gasteiger partial charge in [0.05, 0.1) is 29.6 Å². The van der Waals surface area contributed by atoms with Gasteiger partial charge in [-0.2, -0.15) is 10.1 Å². The molecule has 0 N–H and O–H groups in total. The van der Waals surface area contributed by atoms with Crippen LogP contribution in [0.4, 0.5) is 0 Å². The van der Waals surface area contributed by atoms with Gasteiger partial charge in [-0.3, -0.25) is 9.59 Å². The van der Waals surface area contributed by atoms with E-state index in [2.05, 4.69) is 45.3 Å². The van der Waals surface area contributed by atoms with E-state index in [-0.39, 0.29) is 23.7 Å². The third-order valence-corrected chi connectivity index (χ3v) is 8.81. The van der Waals surface area contributed by atoms with E-state index in [1.165, 1.54) is 6.21 Å². The molecule has 0 saturated carbocycles. The number of hydrogen-bond donors (Lipinski definition) is 0. The fourth-order valence-electron chi connectivity index (χ4n) is 6.58. The second-order valence-corrected chi connectivity index (χ2v) is 11.2. The number of imide groups is 1. The highest BCUT2D eigenvalue weighted by Crippen LogP contribution is 2.61. The van der Waals surface area contributed by atoms with Crippen LogP contribution in [0, 0.1) is 11.8 Å². The Morgan fingerprint density at radius 2 is 1.32 bits per heavy atom. The summed E-state index contributed by atoms with van der Waals surface area (Å²) < 4.78 is 12.3. The molecule has 7 heteroatoms. The van der Waals surface area contributed by atoms with Gasteiger partial charge in [0.15, 0.2) is 11.5 Å². The van der Waals surface area contributed by atoms with Crippen molar-refractivity contribution >= 4 is 34.0 Å². The van der Waals surface area contributed by atoms with Gasteiger partial charge in [0.2, 0.25) is 0 Å². The zero-order valence-corrected chi connectivity index (χ0v) is 23.2. The molecule has 1 saturated heterocycles. The number of nitrogens with zero attached hydrogens (tertiary/aromatic N) is 2. The minimum atomic E-state index is -0.463. The van der Waals surface area contributed by atoms with E-state index in [0.29, 0.717) is 28.1 Å². The van der Waals surface area contributed by atoms with Crippen molar-refractivity contribution in [2.75, 3.05) is 7.11 Å². The first-order valence-corrected chi connectivity index (χ1v) is 14.0. The number of amides is 2. The average Bonchev–Trinajstić information content (AvgIpc) is 3.25. The Bertz CT molecular complexity index is 1570. The third kappa shape index (κ3) is 3.79. The lowest BCUT2D eigenvalue weighted by Gasteiger charge is -2.45. The topological polar surface area (TPSA) is 68.2 Å². The van der Waals surface area contributed by atoms with Gasteiger partial charge in [-0.05, 0) is 61.4 Å². The predicted molar refractivity (Wildman–Crippen MR) is 154 cm³/mol. The highest BCUT2D eigenvalue weighted by Gasteiger charge is 2.61. The summed E-state index contributed by atoms with van der Waals surface area (Å²) in [6.07, 6.45) is 1.53. The van der Waals surface area contributed by atoms with E-state index >= 15 is 0 Å². The van der Waals surface area contributed by atoms with E-state index in [1.807, 2.05) is 60.7 Å². The second kappa shape index (κ2) is 9.75. The molecule has 2 atom stereocenters. The summed E-state index contributed by atoms with van der Waals surface area (Å²) in [5, 5.41) is 5.51. The fraction of sp³-hybridized carbons (Fsp3) is 0.182. The van der Waals surface area contributed by atoms with Gasteiger partial charge in [0.25, 0.3) is 11.8 Å². The maximum Gasteiger partial charge on any atom is 0.254 e. The van der Waals surface area contributed by atoms with Gasteiger partial charge in [-0.15, -0.1) is 0 Å². The van der Waals surface area contributed by atoms with Gasteiger partial charge in [-0.25, -0.2) is 0 Å². The highest BCUT2D eigenvalue weighted by molar-refractivity contribution is 9.10. The smallest absolute Gasteiger partial charge is 0.254 e. The van der Waals surface area contributed by atoms with E-state index in [9.17, 15) is 9.59 Å². The number of ether oxygens (including phenoxy) is 2. The number of halogens is 1. The lowest BCUT2D eigenvalue weighted by Crippen LogP contribution is -2.41. The second-order valence-electron chi connectivity index (χ2n) is 10.3. The Morgan fingerprint density at radius 3 is 1.85 bits per heavy atom. The van der Waals surface area contributed by atoms with Crippen molar-refractivity contribution in [2.24, 2.45) is 16.9 Å². The van der Waals surface area contributed by atoms with Crippen LogP contribution in [0.5, 0.6) is 11.5 Å². The Labute approximate surface area is 240 Å². The van der Waals surface area contributed by atoms with Crippen molar-refractivity contribution in [1.29, 1.82) is 0 Å². The van der Waals surface area contributed by atoms with Crippen molar-refractivity contribution in [3.8, 4) is 11.5 Å². The third-order valence-electron chi connectivity index (χ3n) is 8.23. The van der Waals surface area contributed by atoms with E-state index in [4.69, 9.17) is 9.47 Å². The molecule has 6 nitrogen and oxygen atoms in total. The molecule has 40 heavy (non-hydrogen) atoms. The summed E-state index contributed by atoms with van der Waals surface area (Å²) in [6.45, 7) is 0.385. The molecule has 4 aliphatic rings. The lowest BCUT2D eigenvalue weighted by molar-refractivity contribution is -0.139. The van der Waals surface area contributed by atoms with Crippen LogP contribution in [0.2, 0.25) is 0 Å². The summed E-state index contributed by atoms with van der Waals surface area (Å²) in [4.78, 5) is 27.6. The zero-order valence-electron chi connectivity index (χ0n) is 21.7. The number of hydrazone groups is 1. The summed E-state index contributed by atoms with van der Waals surface area (Å²) in [5.74, 6) is -0.663. The molecular formula is C33H25BrN2O4. The summed E-state index contributed by atoms with van der Waals surface area (Å²) in [7, 11) is 1.57. The number of carbonyl (C=O) groups is 2. The molecule has 0 aromatic heterocycles. The van der Waals surface area contributed by atoms with E-state index in [1.54, 1.807) is 13.2 Å². The molecule has 0 spiro atoms. The molecule has 0 radical (unpaired) electrons.